The molecule has 0 bridgehead atoms. The van der Waals surface area contributed by atoms with Crippen LogP contribution in [0.4, 0.5) is 17.3 Å². The summed E-state index contributed by atoms with van der Waals surface area (Å²) < 4.78 is 0. The molecule has 1 aromatic carbocycles. The van der Waals surface area contributed by atoms with Gasteiger partial charge in [-0.2, -0.15) is 0 Å². The molecule has 0 spiro atoms. The van der Waals surface area contributed by atoms with Gasteiger partial charge in [0.15, 0.2) is 17.3 Å². The largest absolute Gasteiger partial charge is 0.364 e. The quantitative estimate of drug-likeness (QED) is 0.495. The fraction of sp³-hybridized carbons (Fsp3) is 0.400. The van der Waals surface area contributed by atoms with Crippen LogP contribution < -0.4 is 26.6 Å². The topological polar surface area (TPSA) is 125 Å². The number of primary amides is 1. The van der Waals surface area contributed by atoms with E-state index in [-0.39, 0.29) is 17.6 Å². The highest BCUT2D eigenvalue weighted by molar-refractivity contribution is 5.96. The normalized spacial score (nSPS) is 11.6. The number of likely N-dealkylation sites (N-methyl/N-ethyl adjacent to an activating group) is 1. The second kappa shape index (κ2) is 9.83. The van der Waals surface area contributed by atoms with Crippen LogP contribution in [0.15, 0.2) is 24.3 Å². The minimum Gasteiger partial charge on any atom is -0.364 e. The number of amides is 2. The Hall–Kier alpha value is -3.20. The van der Waals surface area contributed by atoms with Crippen LogP contribution in [0.2, 0.25) is 0 Å². The number of rotatable bonds is 9. The van der Waals surface area contributed by atoms with E-state index in [1.54, 1.807) is 20.9 Å². The Bertz CT molecular complexity index is 883. The van der Waals surface area contributed by atoms with E-state index in [4.69, 9.17) is 5.73 Å². The minimum absolute atomic E-state index is 0.0426. The maximum absolute atomic E-state index is 11.8. The maximum Gasteiger partial charge on any atom is 0.271 e. The number of hydrogen-bond acceptors (Lipinski definition) is 7. The fourth-order valence-electron chi connectivity index (χ4n) is 2.75. The second-order valence-electron chi connectivity index (χ2n) is 6.97. The van der Waals surface area contributed by atoms with Crippen LogP contribution in [-0.4, -0.2) is 55.5 Å². The number of aromatic nitrogens is 2. The summed E-state index contributed by atoms with van der Waals surface area (Å²) in [7, 11) is 5.46. The monoisotopic (exact) mass is 399 g/mol. The van der Waals surface area contributed by atoms with Gasteiger partial charge in [0, 0.05) is 26.3 Å². The van der Waals surface area contributed by atoms with E-state index < -0.39 is 5.91 Å². The van der Waals surface area contributed by atoms with E-state index in [2.05, 4.69) is 25.9 Å². The number of aryl methyl sites for hydroxylation is 1. The van der Waals surface area contributed by atoms with Crippen LogP contribution in [0, 0.1) is 6.92 Å². The number of nitrogens with two attached hydrogens (primary N) is 1. The van der Waals surface area contributed by atoms with Crippen LogP contribution in [0.1, 0.15) is 28.7 Å². The van der Waals surface area contributed by atoms with Crippen molar-refractivity contribution in [3.05, 3.63) is 41.2 Å². The first-order valence-corrected chi connectivity index (χ1v) is 9.39. The molecule has 1 aromatic heterocycles. The van der Waals surface area contributed by atoms with Crippen LogP contribution in [0.25, 0.3) is 0 Å². The number of carbonyl (C=O) groups excluding carboxylic acids is 2. The van der Waals surface area contributed by atoms with Crippen molar-refractivity contribution in [3.8, 4) is 0 Å². The molecule has 0 unspecified atom stereocenters. The maximum atomic E-state index is 11.8. The van der Waals surface area contributed by atoms with Gasteiger partial charge in [-0.1, -0.05) is 12.1 Å². The summed E-state index contributed by atoms with van der Waals surface area (Å²) in [6.07, 6.45) is 0.670. The molecule has 156 valence electrons. The van der Waals surface area contributed by atoms with Gasteiger partial charge in [-0.25, -0.2) is 9.97 Å². The Kier molecular flexibility index (Phi) is 7.49. The number of hydrogen-bond donors (Lipinski definition) is 4. The van der Waals surface area contributed by atoms with Gasteiger partial charge >= 0.3 is 0 Å². The van der Waals surface area contributed by atoms with E-state index in [0.717, 1.165) is 11.3 Å². The summed E-state index contributed by atoms with van der Waals surface area (Å²) in [5.74, 6) is 0.264. The highest BCUT2D eigenvalue weighted by Crippen LogP contribution is 2.23. The highest BCUT2D eigenvalue weighted by Gasteiger charge is 2.17. The van der Waals surface area contributed by atoms with Gasteiger partial charge in [0.1, 0.15) is 0 Å². The van der Waals surface area contributed by atoms with E-state index in [0.29, 0.717) is 30.3 Å². The summed E-state index contributed by atoms with van der Waals surface area (Å²) in [5.41, 5.74) is 7.97. The number of nitrogens with one attached hydrogen (secondary N) is 3. The molecule has 0 saturated carbocycles. The Balaban J connectivity index is 2.16. The molecule has 9 nitrogen and oxygen atoms in total. The van der Waals surface area contributed by atoms with Gasteiger partial charge in [0.05, 0.1) is 11.7 Å². The summed E-state index contributed by atoms with van der Waals surface area (Å²) in [6.45, 7) is 4.11. The smallest absolute Gasteiger partial charge is 0.271 e. The number of carbonyl (C=O) groups is 2. The van der Waals surface area contributed by atoms with Gasteiger partial charge < -0.3 is 26.6 Å². The molecule has 1 atom stereocenters. The van der Waals surface area contributed by atoms with Crippen molar-refractivity contribution in [3.63, 3.8) is 0 Å². The van der Waals surface area contributed by atoms with Crippen LogP contribution in [0.5, 0.6) is 0 Å². The van der Waals surface area contributed by atoms with E-state index >= 15 is 0 Å². The minimum atomic E-state index is -0.647. The Morgan fingerprint density at radius 2 is 1.97 bits per heavy atom. The van der Waals surface area contributed by atoms with Gasteiger partial charge in [-0.05, 0) is 45.0 Å². The summed E-state index contributed by atoms with van der Waals surface area (Å²) in [5, 5.41) is 8.94. The second-order valence-corrected chi connectivity index (χ2v) is 6.97. The molecule has 0 aliphatic rings. The molecule has 0 fully saturated rings. The lowest BCUT2D eigenvalue weighted by atomic mass is 10.1. The average Bonchev–Trinajstić information content (AvgIpc) is 2.68. The summed E-state index contributed by atoms with van der Waals surface area (Å²) >= 11 is 0. The number of nitrogens with zero attached hydrogens (tertiary/aromatic N) is 3. The van der Waals surface area contributed by atoms with Crippen LogP contribution in [-0.2, 0) is 11.2 Å². The first kappa shape index (κ1) is 22.1. The van der Waals surface area contributed by atoms with Gasteiger partial charge in [-0.3, -0.25) is 9.59 Å². The first-order chi connectivity index (χ1) is 13.7. The molecular formula is C20H29N7O2. The van der Waals surface area contributed by atoms with Crippen molar-refractivity contribution in [1.29, 1.82) is 0 Å². The van der Waals surface area contributed by atoms with Gasteiger partial charge in [0.2, 0.25) is 5.91 Å². The highest BCUT2D eigenvalue weighted by atomic mass is 16.2. The van der Waals surface area contributed by atoms with Crippen LogP contribution in [0.3, 0.4) is 0 Å². The molecule has 0 aliphatic carbocycles. The molecule has 2 amide bonds. The van der Waals surface area contributed by atoms with Crippen molar-refractivity contribution in [2.75, 3.05) is 37.9 Å². The van der Waals surface area contributed by atoms with Gasteiger partial charge in [-0.15, -0.1) is 0 Å². The Morgan fingerprint density at radius 1 is 1.24 bits per heavy atom. The van der Waals surface area contributed by atoms with Gasteiger partial charge in [0.25, 0.3) is 5.91 Å². The molecule has 1 heterocycles. The lowest BCUT2D eigenvalue weighted by Crippen LogP contribution is -2.41. The molecule has 0 aliphatic heterocycles. The van der Waals surface area contributed by atoms with E-state index in [1.807, 2.05) is 43.3 Å². The van der Waals surface area contributed by atoms with Crippen LogP contribution >= 0.6 is 0 Å². The zero-order valence-electron chi connectivity index (χ0n) is 17.5. The Morgan fingerprint density at radius 3 is 2.59 bits per heavy atom. The molecule has 29 heavy (non-hydrogen) atoms. The summed E-state index contributed by atoms with van der Waals surface area (Å²) in [6, 6.07) is 7.44. The SMILES string of the molecule is CN[C@@H](C)C(=O)NCCc1cccc(Nc2nc(N(C)C)c(C)nc2C(N)=O)c1. The predicted octanol–water partition coefficient (Wildman–Crippen LogP) is 0.960. The number of benzene rings is 1. The number of anilines is 3. The molecule has 0 radical (unpaired) electrons. The Labute approximate surface area is 171 Å². The lowest BCUT2D eigenvalue weighted by Gasteiger charge is -2.17. The third kappa shape index (κ3) is 5.89. The molecule has 2 rings (SSSR count). The predicted molar refractivity (Wildman–Crippen MR) is 115 cm³/mol. The third-order valence-corrected chi connectivity index (χ3v) is 4.43. The van der Waals surface area contributed by atoms with E-state index in [1.165, 1.54) is 0 Å². The van der Waals surface area contributed by atoms with Crippen molar-refractivity contribution in [2.24, 2.45) is 5.73 Å². The molecule has 5 N–H and O–H groups in total. The van der Waals surface area contributed by atoms with E-state index in [9.17, 15) is 9.59 Å². The lowest BCUT2D eigenvalue weighted by molar-refractivity contribution is -0.122. The standard InChI is InChI=1S/C20H29N7O2/c1-12-19(27(4)5)26-18(16(24-12)17(21)28)25-15-8-6-7-14(11-15)9-10-23-20(29)13(2)22-3/h6-8,11,13,22H,9-10H2,1-5H3,(H2,21,28)(H,23,29)(H,25,26)/t13-/m0/s1. The van der Waals surface area contributed by atoms with Crippen molar-refractivity contribution >= 4 is 29.1 Å². The fourth-order valence-corrected chi connectivity index (χ4v) is 2.75. The van der Waals surface area contributed by atoms with Crippen molar-refractivity contribution in [1.82, 2.24) is 20.6 Å². The molecule has 2 aromatic rings. The first-order valence-electron chi connectivity index (χ1n) is 9.39. The molecular weight excluding hydrogens is 370 g/mol. The van der Waals surface area contributed by atoms with Crippen molar-refractivity contribution in [2.45, 2.75) is 26.3 Å². The zero-order chi connectivity index (χ0) is 21.6. The third-order valence-electron chi connectivity index (χ3n) is 4.43. The molecule has 0 saturated heterocycles. The van der Waals surface area contributed by atoms with Crippen molar-refractivity contribution < 1.29 is 9.59 Å². The average molecular weight is 399 g/mol. The molecule has 9 heteroatoms. The zero-order valence-corrected chi connectivity index (χ0v) is 17.5. The summed E-state index contributed by atoms with van der Waals surface area (Å²) in [4.78, 5) is 34.3.